The lowest BCUT2D eigenvalue weighted by molar-refractivity contribution is -0.129. The molecule has 0 radical (unpaired) electrons. The van der Waals surface area contributed by atoms with Gasteiger partial charge in [0, 0.05) is 30.1 Å². The van der Waals surface area contributed by atoms with Gasteiger partial charge in [0.25, 0.3) is 0 Å². The Labute approximate surface area is 99.7 Å². The fourth-order valence-electron chi connectivity index (χ4n) is 1.50. The van der Waals surface area contributed by atoms with E-state index < -0.39 is 0 Å². The fourth-order valence-corrected chi connectivity index (χ4v) is 2.16. The lowest BCUT2D eigenvalue weighted by Crippen LogP contribution is -2.60. The molecule has 1 aliphatic heterocycles. The van der Waals surface area contributed by atoms with Crippen LogP contribution in [0.3, 0.4) is 0 Å². The zero-order valence-electron chi connectivity index (χ0n) is 9.86. The topological polar surface area (TPSA) is 45.2 Å². The average Bonchev–Trinajstić information content (AvgIpc) is 2.60. The van der Waals surface area contributed by atoms with Crippen LogP contribution in [0.4, 0.5) is 5.13 Å². The van der Waals surface area contributed by atoms with Crippen molar-refractivity contribution in [2.75, 3.05) is 18.0 Å². The zero-order valence-corrected chi connectivity index (χ0v) is 10.7. The number of anilines is 1. The summed E-state index contributed by atoms with van der Waals surface area (Å²) < 4.78 is 0. The number of aromatic nitrogens is 1. The molecule has 0 aromatic carbocycles. The number of amides is 1. The lowest BCUT2D eigenvalue weighted by Gasteiger charge is -2.40. The Bertz CT molecular complexity index is 363. The Balaban J connectivity index is 1.79. The minimum absolute atomic E-state index is 0.122. The molecule has 0 bridgehead atoms. The van der Waals surface area contributed by atoms with Crippen LogP contribution in [0.2, 0.25) is 0 Å². The molecular weight excluding hydrogens is 222 g/mol. The molecule has 1 fully saturated rings. The van der Waals surface area contributed by atoms with Crippen LogP contribution in [0.25, 0.3) is 0 Å². The molecule has 0 unspecified atom stereocenters. The van der Waals surface area contributed by atoms with Gasteiger partial charge in [0.2, 0.25) is 5.91 Å². The van der Waals surface area contributed by atoms with Crippen LogP contribution in [0.5, 0.6) is 0 Å². The van der Waals surface area contributed by atoms with Crippen LogP contribution in [0, 0.1) is 5.41 Å². The van der Waals surface area contributed by atoms with Gasteiger partial charge in [0.1, 0.15) is 0 Å². The van der Waals surface area contributed by atoms with Gasteiger partial charge in [0.05, 0.1) is 6.04 Å². The summed E-state index contributed by atoms with van der Waals surface area (Å²) >= 11 is 1.64. The van der Waals surface area contributed by atoms with Crippen molar-refractivity contribution in [2.24, 2.45) is 5.41 Å². The Morgan fingerprint density at radius 3 is 2.75 bits per heavy atom. The van der Waals surface area contributed by atoms with Gasteiger partial charge < -0.3 is 10.2 Å². The summed E-state index contributed by atoms with van der Waals surface area (Å²) in [4.78, 5) is 18.1. The Kier molecular flexibility index (Phi) is 2.88. The normalized spacial score (nSPS) is 17.1. The lowest BCUT2D eigenvalue weighted by atomic mass is 9.94. The van der Waals surface area contributed by atoms with Gasteiger partial charge in [0.15, 0.2) is 5.13 Å². The van der Waals surface area contributed by atoms with Crippen molar-refractivity contribution in [2.45, 2.75) is 26.8 Å². The smallest absolute Gasteiger partial charge is 0.225 e. The third-order valence-corrected chi connectivity index (χ3v) is 3.42. The Morgan fingerprint density at radius 1 is 1.56 bits per heavy atom. The van der Waals surface area contributed by atoms with Crippen LogP contribution < -0.4 is 10.2 Å². The molecule has 88 valence electrons. The van der Waals surface area contributed by atoms with Gasteiger partial charge in [-0.25, -0.2) is 4.98 Å². The molecule has 4 nitrogen and oxygen atoms in total. The maximum absolute atomic E-state index is 11.7. The first kappa shape index (κ1) is 11.4. The molecule has 0 atom stereocenters. The predicted octanol–water partition coefficient (Wildman–Crippen LogP) is 1.49. The molecule has 1 N–H and O–H groups in total. The van der Waals surface area contributed by atoms with E-state index >= 15 is 0 Å². The first-order chi connectivity index (χ1) is 7.47. The highest BCUT2D eigenvalue weighted by molar-refractivity contribution is 7.13. The van der Waals surface area contributed by atoms with Crippen molar-refractivity contribution in [1.82, 2.24) is 10.3 Å². The number of hydrogen-bond donors (Lipinski definition) is 1. The number of carbonyl (C=O) groups is 1. The summed E-state index contributed by atoms with van der Waals surface area (Å²) in [5.41, 5.74) is -0.304. The highest BCUT2D eigenvalue weighted by Gasteiger charge is 2.32. The largest absolute Gasteiger partial charge is 0.349 e. The highest BCUT2D eigenvalue weighted by atomic mass is 32.1. The highest BCUT2D eigenvalue weighted by Crippen LogP contribution is 2.23. The van der Waals surface area contributed by atoms with Crippen molar-refractivity contribution >= 4 is 22.4 Å². The van der Waals surface area contributed by atoms with Crippen molar-refractivity contribution < 1.29 is 4.79 Å². The number of nitrogens with zero attached hydrogens (tertiary/aromatic N) is 2. The fraction of sp³-hybridized carbons (Fsp3) is 0.636. The second kappa shape index (κ2) is 4.05. The van der Waals surface area contributed by atoms with Crippen LogP contribution in [-0.4, -0.2) is 30.0 Å². The third kappa shape index (κ3) is 2.35. The van der Waals surface area contributed by atoms with E-state index in [0.717, 1.165) is 18.2 Å². The van der Waals surface area contributed by atoms with E-state index in [0.29, 0.717) is 0 Å². The maximum atomic E-state index is 11.7. The summed E-state index contributed by atoms with van der Waals surface area (Å²) in [6.07, 6.45) is 1.81. The predicted molar refractivity (Wildman–Crippen MR) is 65.7 cm³/mol. The average molecular weight is 239 g/mol. The summed E-state index contributed by atoms with van der Waals surface area (Å²) in [6.45, 7) is 7.53. The third-order valence-electron chi connectivity index (χ3n) is 2.59. The van der Waals surface area contributed by atoms with Crippen molar-refractivity contribution in [3.63, 3.8) is 0 Å². The van der Waals surface area contributed by atoms with Gasteiger partial charge in [-0.1, -0.05) is 20.8 Å². The van der Waals surface area contributed by atoms with E-state index in [1.807, 2.05) is 26.2 Å². The number of nitrogens with one attached hydrogen (secondary N) is 1. The summed E-state index contributed by atoms with van der Waals surface area (Å²) in [6, 6.07) is 0.274. The molecule has 1 amide bonds. The van der Waals surface area contributed by atoms with Crippen LogP contribution in [0.1, 0.15) is 20.8 Å². The van der Waals surface area contributed by atoms with Gasteiger partial charge in [-0.05, 0) is 0 Å². The Hall–Kier alpha value is -1.10. The molecule has 5 heteroatoms. The maximum Gasteiger partial charge on any atom is 0.225 e. The van der Waals surface area contributed by atoms with Gasteiger partial charge in [-0.15, -0.1) is 11.3 Å². The van der Waals surface area contributed by atoms with Gasteiger partial charge in [-0.3, -0.25) is 4.79 Å². The molecule has 16 heavy (non-hydrogen) atoms. The second-order valence-electron chi connectivity index (χ2n) is 5.14. The van der Waals surface area contributed by atoms with E-state index in [1.165, 1.54) is 0 Å². The number of thiazole rings is 1. The van der Waals surface area contributed by atoms with E-state index in [-0.39, 0.29) is 17.4 Å². The molecule has 0 aliphatic carbocycles. The monoisotopic (exact) mass is 239 g/mol. The molecule has 2 rings (SSSR count). The van der Waals surface area contributed by atoms with E-state index in [4.69, 9.17) is 0 Å². The number of hydrogen-bond acceptors (Lipinski definition) is 4. The van der Waals surface area contributed by atoms with E-state index in [1.54, 1.807) is 17.5 Å². The SMILES string of the molecule is CC(C)(C)C(=O)NC1CN(c2nccs2)C1. The molecule has 1 aromatic heterocycles. The molecule has 0 saturated carbocycles. The Morgan fingerprint density at radius 2 is 2.25 bits per heavy atom. The summed E-state index contributed by atoms with van der Waals surface area (Å²) in [5, 5.41) is 6.06. The van der Waals surface area contributed by atoms with Crippen molar-refractivity contribution in [3.8, 4) is 0 Å². The molecule has 2 heterocycles. The van der Waals surface area contributed by atoms with E-state index in [9.17, 15) is 4.79 Å². The summed E-state index contributed by atoms with van der Waals surface area (Å²) in [5.74, 6) is 0.122. The molecular formula is C11H17N3OS. The molecule has 1 aromatic rings. The van der Waals surface area contributed by atoms with Crippen molar-refractivity contribution in [1.29, 1.82) is 0 Å². The van der Waals surface area contributed by atoms with Crippen LogP contribution in [0.15, 0.2) is 11.6 Å². The van der Waals surface area contributed by atoms with Gasteiger partial charge >= 0.3 is 0 Å². The van der Waals surface area contributed by atoms with Crippen LogP contribution in [-0.2, 0) is 4.79 Å². The molecule has 0 spiro atoms. The quantitative estimate of drug-likeness (QED) is 0.850. The zero-order chi connectivity index (χ0) is 11.8. The van der Waals surface area contributed by atoms with E-state index in [2.05, 4.69) is 15.2 Å². The standard InChI is InChI=1S/C11H17N3OS/c1-11(2,3)9(15)13-8-6-14(7-8)10-12-4-5-16-10/h4-5,8H,6-7H2,1-3H3,(H,13,15). The van der Waals surface area contributed by atoms with Gasteiger partial charge in [-0.2, -0.15) is 0 Å². The summed E-state index contributed by atoms with van der Waals surface area (Å²) in [7, 11) is 0. The number of carbonyl (C=O) groups excluding carboxylic acids is 1. The second-order valence-corrected chi connectivity index (χ2v) is 6.01. The van der Waals surface area contributed by atoms with Crippen molar-refractivity contribution in [3.05, 3.63) is 11.6 Å². The first-order valence-electron chi connectivity index (χ1n) is 5.42. The minimum atomic E-state index is -0.304. The number of rotatable bonds is 2. The molecule has 1 aliphatic rings. The van der Waals surface area contributed by atoms with Crippen LogP contribution >= 0.6 is 11.3 Å². The first-order valence-corrected chi connectivity index (χ1v) is 6.30. The minimum Gasteiger partial charge on any atom is -0.349 e. The molecule has 1 saturated heterocycles.